The molecule has 6 nitrogen and oxygen atoms in total. The molecule has 1 fully saturated rings. The van der Waals surface area contributed by atoms with E-state index in [2.05, 4.69) is 11.6 Å². The van der Waals surface area contributed by atoms with Crippen molar-refractivity contribution < 1.29 is 14.6 Å². The van der Waals surface area contributed by atoms with E-state index in [4.69, 9.17) is 22.1 Å². The normalized spacial score (nSPS) is 18.5. The van der Waals surface area contributed by atoms with E-state index < -0.39 is 18.0 Å². The highest BCUT2D eigenvalue weighted by Crippen LogP contribution is 2.37. The lowest BCUT2D eigenvalue weighted by molar-refractivity contribution is -0.135. The number of hydrogen-bond donors (Lipinski definition) is 2. The van der Waals surface area contributed by atoms with Gasteiger partial charge in [-0.25, -0.2) is 9.78 Å². The molecule has 0 saturated carbocycles. The minimum absolute atomic E-state index is 0.120. The number of hydrogen-bond acceptors (Lipinski definition) is 6. The summed E-state index contributed by atoms with van der Waals surface area (Å²) in [6.45, 7) is 4.38. The van der Waals surface area contributed by atoms with Crippen LogP contribution < -0.4 is 5.73 Å². The molecule has 134 valence electrons. The van der Waals surface area contributed by atoms with Crippen LogP contribution >= 0.6 is 22.9 Å². The van der Waals surface area contributed by atoms with Gasteiger partial charge in [0.1, 0.15) is 6.61 Å². The molecule has 0 bridgehead atoms. The Balaban J connectivity index is 1.77. The number of nitrogens with two attached hydrogens (primary N) is 1. The number of aliphatic hydroxyl groups is 1. The molecule has 2 aromatic heterocycles. The van der Waals surface area contributed by atoms with Crippen LogP contribution in [0.5, 0.6) is 0 Å². The summed E-state index contributed by atoms with van der Waals surface area (Å²) in [5.74, 6) is -0.941. The van der Waals surface area contributed by atoms with Crippen LogP contribution in [-0.4, -0.2) is 27.2 Å². The highest BCUT2D eigenvalue weighted by atomic mass is 35.5. The van der Waals surface area contributed by atoms with Gasteiger partial charge in [0.25, 0.3) is 0 Å². The quantitative estimate of drug-likeness (QED) is 0.528. The van der Waals surface area contributed by atoms with E-state index in [1.165, 1.54) is 11.3 Å². The third kappa shape index (κ3) is 2.88. The van der Waals surface area contributed by atoms with Gasteiger partial charge >= 0.3 is 5.97 Å². The lowest BCUT2D eigenvalue weighted by atomic mass is 9.92. The van der Waals surface area contributed by atoms with Gasteiger partial charge in [-0.15, -0.1) is 11.3 Å². The second-order valence-electron chi connectivity index (χ2n) is 6.23. The number of thiazole rings is 1. The summed E-state index contributed by atoms with van der Waals surface area (Å²) in [5.41, 5.74) is 8.42. The number of nitrogens with zero attached hydrogens (tertiary/aromatic N) is 2. The first kappa shape index (κ1) is 17.1. The predicted molar refractivity (Wildman–Crippen MR) is 101 cm³/mol. The third-order valence-electron chi connectivity index (χ3n) is 4.58. The van der Waals surface area contributed by atoms with E-state index in [0.717, 1.165) is 16.6 Å². The zero-order valence-electron chi connectivity index (χ0n) is 13.7. The molecular weight excluding hydrogens is 374 g/mol. The maximum Gasteiger partial charge on any atom is 0.333 e. The fraction of sp³-hybridized carbons (Fsp3) is 0.222. The van der Waals surface area contributed by atoms with Crippen molar-refractivity contribution in [2.45, 2.75) is 12.6 Å². The van der Waals surface area contributed by atoms with Gasteiger partial charge in [0.2, 0.25) is 0 Å². The monoisotopic (exact) mass is 389 g/mol. The van der Waals surface area contributed by atoms with Gasteiger partial charge in [0.15, 0.2) is 5.13 Å². The molecule has 3 aromatic rings. The number of ether oxygens (including phenoxy) is 1. The molecule has 0 amide bonds. The van der Waals surface area contributed by atoms with Gasteiger partial charge in [-0.1, -0.05) is 18.2 Å². The predicted octanol–water partition coefficient (Wildman–Crippen LogP) is 3.14. The molecule has 2 unspecified atom stereocenters. The summed E-state index contributed by atoms with van der Waals surface area (Å²) in [6, 6.07) is 5.50. The Labute approximate surface area is 158 Å². The topological polar surface area (TPSA) is 90.4 Å². The number of aliphatic hydroxyl groups excluding tert-OH is 1. The van der Waals surface area contributed by atoms with Crippen LogP contribution in [0.4, 0.5) is 5.13 Å². The van der Waals surface area contributed by atoms with Gasteiger partial charge < -0.3 is 20.1 Å². The van der Waals surface area contributed by atoms with Crippen molar-refractivity contribution in [3.8, 4) is 0 Å². The number of benzene rings is 1. The molecule has 0 spiro atoms. The van der Waals surface area contributed by atoms with Crippen LogP contribution in [0.25, 0.3) is 10.9 Å². The van der Waals surface area contributed by atoms with Gasteiger partial charge in [-0.2, -0.15) is 0 Å². The summed E-state index contributed by atoms with van der Waals surface area (Å²) in [7, 11) is 0. The number of fused-ring (bicyclic) bond motifs is 1. The summed E-state index contributed by atoms with van der Waals surface area (Å²) < 4.78 is 6.99. The van der Waals surface area contributed by atoms with Crippen molar-refractivity contribution in [1.29, 1.82) is 0 Å². The highest BCUT2D eigenvalue weighted by molar-refractivity contribution is 7.13. The number of cyclic esters (lactones) is 1. The van der Waals surface area contributed by atoms with E-state index in [9.17, 15) is 9.90 Å². The van der Waals surface area contributed by atoms with E-state index in [1.807, 2.05) is 28.3 Å². The molecule has 1 aromatic carbocycles. The Morgan fingerprint density at radius 1 is 1.54 bits per heavy atom. The van der Waals surface area contributed by atoms with Gasteiger partial charge in [0.05, 0.1) is 24.3 Å². The zero-order valence-corrected chi connectivity index (χ0v) is 15.3. The smallest absolute Gasteiger partial charge is 0.333 e. The number of carbonyl (C=O) groups is 1. The fourth-order valence-corrected chi connectivity index (χ4v) is 3.97. The average molecular weight is 390 g/mol. The van der Waals surface area contributed by atoms with Gasteiger partial charge in [0, 0.05) is 38.6 Å². The van der Waals surface area contributed by atoms with Crippen LogP contribution in [0.15, 0.2) is 41.9 Å². The maximum absolute atomic E-state index is 11.6. The maximum atomic E-state index is 11.6. The van der Waals surface area contributed by atoms with Gasteiger partial charge in [-0.05, 0) is 18.2 Å². The molecule has 0 radical (unpaired) electrons. The van der Waals surface area contributed by atoms with E-state index >= 15 is 0 Å². The fourth-order valence-electron chi connectivity index (χ4n) is 3.24. The van der Waals surface area contributed by atoms with E-state index in [1.54, 1.807) is 6.07 Å². The number of anilines is 1. The molecule has 2 atom stereocenters. The van der Waals surface area contributed by atoms with Crippen molar-refractivity contribution in [3.63, 3.8) is 0 Å². The second-order valence-corrected chi connectivity index (χ2v) is 7.55. The summed E-state index contributed by atoms with van der Waals surface area (Å²) in [6.07, 6.45) is 0.939. The van der Waals surface area contributed by atoms with Crippen molar-refractivity contribution in [2.24, 2.45) is 5.92 Å². The van der Waals surface area contributed by atoms with Crippen LogP contribution in [0.2, 0.25) is 5.02 Å². The molecule has 4 rings (SSSR count). The second kappa shape index (κ2) is 6.42. The molecule has 8 heteroatoms. The number of esters is 1. The minimum atomic E-state index is -0.920. The summed E-state index contributed by atoms with van der Waals surface area (Å²) >= 11 is 7.55. The Hall–Kier alpha value is -2.35. The van der Waals surface area contributed by atoms with E-state index in [-0.39, 0.29) is 12.2 Å². The Morgan fingerprint density at radius 3 is 3.00 bits per heavy atom. The Kier molecular flexibility index (Phi) is 4.22. The molecule has 0 aliphatic carbocycles. The third-order valence-corrected chi connectivity index (χ3v) is 5.54. The number of rotatable bonds is 4. The molecule has 1 aliphatic heterocycles. The molecule has 1 aliphatic rings. The number of nitrogen functional groups attached to an aromatic ring is 1. The van der Waals surface area contributed by atoms with Crippen molar-refractivity contribution in [3.05, 3.63) is 58.2 Å². The van der Waals surface area contributed by atoms with Crippen LogP contribution in [0.1, 0.15) is 17.4 Å². The summed E-state index contributed by atoms with van der Waals surface area (Å²) in [5, 5.41) is 14.7. The standard InChI is InChI=1S/C18H16ClN3O3S/c1-9-14(7-25-17(9)24)16(23)13-6-22(5-11-8-26-18(20)21-11)15-3-2-10(19)4-12(13)15/h2-4,6,8,14,16,23H,1,5,7H2,(H2,20,21). The molecule has 26 heavy (non-hydrogen) atoms. The molecule has 3 N–H and O–H groups in total. The summed E-state index contributed by atoms with van der Waals surface area (Å²) in [4.78, 5) is 15.9. The largest absolute Gasteiger partial charge is 0.462 e. The first-order chi connectivity index (χ1) is 12.4. The Morgan fingerprint density at radius 2 is 2.35 bits per heavy atom. The number of halogens is 1. The lowest BCUT2D eigenvalue weighted by Gasteiger charge is -2.15. The van der Waals surface area contributed by atoms with Crippen molar-refractivity contribution in [2.75, 3.05) is 12.3 Å². The van der Waals surface area contributed by atoms with Crippen molar-refractivity contribution in [1.82, 2.24) is 9.55 Å². The Bertz CT molecular complexity index is 1030. The SMILES string of the molecule is C=C1C(=O)OCC1C(O)c1cn(Cc2csc(N)n2)c2ccc(Cl)cc12. The molecular formula is C18H16ClN3O3S. The first-order valence-electron chi connectivity index (χ1n) is 7.96. The lowest BCUT2D eigenvalue weighted by Crippen LogP contribution is -2.14. The first-order valence-corrected chi connectivity index (χ1v) is 9.22. The number of aromatic nitrogens is 2. The van der Waals surface area contributed by atoms with Crippen LogP contribution in [0, 0.1) is 5.92 Å². The average Bonchev–Trinajstić information content (AvgIpc) is 3.27. The van der Waals surface area contributed by atoms with Gasteiger partial charge in [-0.3, -0.25) is 0 Å². The highest BCUT2D eigenvalue weighted by Gasteiger charge is 2.36. The molecule has 3 heterocycles. The van der Waals surface area contributed by atoms with Crippen LogP contribution in [-0.2, 0) is 16.1 Å². The molecule has 1 saturated heterocycles. The van der Waals surface area contributed by atoms with Crippen LogP contribution in [0.3, 0.4) is 0 Å². The minimum Gasteiger partial charge on any atom is -0.462 e. The van der Waals surface area contributed by atoms with Crippen molar-refractivity contribution >= 4 is 44.9 Å². The number of carbonyl (C=O) groups excluding carboxylic acids is 1. The zero-order chi connectivity index (χ0) is 18.4. The van der Waals surface area contributed by atoms with E-state index in [0.29, 0.717) is 22.3 Å².